The Labute approximate surface area is 174 Å². The van der Waals surface area contributed by atoms with E-state index in [-0.39, 0.29) is 29.7 Å². The largest absolute Gasteiger partial charge is 0.490 e. The Morgan fingerprint density at radius 1 is 1.21 bits per heavy atom. The third-order valence-electron chi connectivity index (χ3n) is 5.99. The lowest BCUT2D eigenvalue weighted by atomic mass is 9.99. The van der Waals surface area contributed by atoms with E-state index in [1.807, 2.05) is 45.0 Å². The molecule has 2 amide bonds. The normalized spacial score (nSPS) is 21.4. The van der Waals surface area contributed by atoms with E-state index < -0.39 is 0 Å². The third kappa shape index (κ3) is 5.72. The smallest absolute Gasteiger partial charge is 0.229 e. The number of piperidine rings is 1. The number of rotatable bonds is 6. The number of amides is 2. The molecule has 2 aliphatic rings. The van der Waals surface area contributed by atoms with Crippen molar-refractivity contribution in [1.29, 1.82) is 0 Å². The predicted octanol–water partition coefficient (Wildman–Crippen LogP) is 3.38. The monoisotopic (exact) mass is 401 g/mol. The number of benzene rings is 1. The molecule has 1 N–H and O–H groups in total. The van der Waals surface area contributed by atoms with Crippen molar-refractivity contribution in [2.24, 2.45) is 11.8 Å². The molecular weight excluding hydrogens is 366 g/mol. The molecule has 0 saturated carbocycles. The summed E-state index contributed by atoms with van der Waals surface area (Å²) in [6.07, 6.45) is 2.76. The molecule has 160 valence electrons. The van der Waals surface area contributed by atoms with Gasteiger partial charge in [-0.1, -0.05) is 19.1 Å². The fourth-order valence-electron chi connectivity index (χ4n) is 4.03. The molecule has 2 saturated heterocycles. The van der Waals surface area contributed by atoms with Crippen LogP contribution in [-0.2, 0) is 9.59 Å². The number of nitrogens with one attached hydrogen (secondary N) is 1. The molecule has 1 aromatic carbocycles. The van der Waals surface area contributed by atoms with Gasteiger partial charge in [-0.15, -0.1) is 0 Å². The molecule has 0 aromatic heterocycles. The van der Waals surface area contributed by atoms with Gasteiger partial charge < -0.3 is 15.0 Å². The highest BCUT2D eigenvalue weighted by Crippen LogP contribution is 2.29. The van der Waals surface area contributed by atoms with E-state index in [4.69, 9.17) is 4.74 Å². The Bertz CT molecular complexity index is 720. The number of hydrogen-bond donors (Lipinski definition) is 1. The van der Waals surface area contributed by atoms with Crippen molar-refractivity contribution in [3.8, 4) is 5.75 Å². The number of carbonyl (C=O) groups excluding carboxylic acids is 2. The van der Waals surface area contributed by atoms with Crippen LogP contribution in [0.25, 0.3) is 0 Å². The zero-order valence-corrected chi connectivity index (χ0v) is 18.2. The molecule has 0 radical (unpaired) electrons. The summed E-state index contributed by atoms with van der Waals surface area (Å²) < 4.78 is 5.99. The SMILES string of the molecule is CC1CCN(CCOc2ccccc2NC(=O)[C@@H]2CC(=O)N(C(C)(C)C)C2)CC1. The number of para-hydroxylation sites is 2. The molecule has 0 unspecified atom stereocenters. The summed E-state index contributed by atoms with van der Waals surface area (Å²) in [4.78, 5) is 29.3. The molecule has 2 fully saturated rings. The first-order valence-corrected chi connectivity index (χ1v) is 10.8. The van der Waals surface area contributed by atoms with Gasteiger partial charge in [0.1, 0.15) is 12.4 Å². The van der Waals surface area contributed by atoms with Crippen LogP contribution in [0.15, 0.2) is 24.3 Å². The summed E-state index contributed by atoms with van der Waals surface area (Å²) in [6, 6.07) is 7.53. The zero-order chi connectivity index (χ0) is 21.0. The molecule has 0 bridgehead atoms. The lowest BCUT2D eigenvalue weighted by Gasteiger charge is -2.32. The Morgan fingerprint density at radius 3 is 2.55 bits per heavy atom. The fourth-order valence-corrected chi connectivity index (χ4v) is 4.03. The molecular formula is C23H35N3O3. The van der Waals surface area contributed by atoms with Gasteiger partial charge in [0.25, 0.3) is 0 Å². The van der Waals surface area contributed by atoms with Gasteiger partial charge in [-0.05, 0) is 64.8 Å². The van der Waals surface area contributed by atoms with Crippen molar-refractivity contribution in [2.45, 2.75) is 52.5 Å². The molecule has 0 aliphatic carbocycles. The minimum Gasteiger partial charge on any atom is -0.490 e. The number of carbonyl (C=O) groups is 2. The summed E-state index contributed by atoms with van der Waals surface area (Å²) in [6.45, 7) is 12.5. The van der Waals surface area contributed by atoms with Gasteiger partial charge in [-0.25, -0.2) is 0 Å². The lowest BCUT2D eigenvalue weighted by Crippen LogP contribution is -2.42. The van der Waals surface area contributed by atoms with E-state index in [0.717, 1.165) is 25.6 Å². The molecule has 2 aliphatic heterocycles. The van der Waals surface area contributed by atoms with E-state index in [1.54, 1.807) is 4.90 Å². The second-order valence-corrected chi connectivity index (χ2v) is 9.43. The number of nitrogens with zero attached hydrogens (tertiary/aromatic N) is 2. The number of likely N-dealkylation sites (tertiary alicyclic amines) is 2. The molecule has 3 rings (SSSR count). The van der Waals surface area contributed by atoms with Crippen LogP contribution in [0.2, 0.25) is 0 Å². The highest BCUT2D eigenvalue weighted by Gasteiger charge is 2.39. The highest BCUT2D eigenvalue weighted by atomic mass is 16.5. The van der Waals surface area contributed by atoms with E-state index in [0.29, 0.717) is 24.6 Å². The van der Waals surface area contributed by atoms with Crippen LogP contribution in [0, 0.1) is 11.8 Å². The Hall–Kier alpha value is -2.08. The van der Waals surface area contributed by atoms with E-state index >= 15 is 0 Å². The average molecular weight is 402 g/mol. The maximum Gasteiger partial charge on any atom is 0.229 e. The van der Waals surface area contributed by atoms with Gasteiger partial charge >= 0.3 is 0 Å². The lowest BCUT2D eigenvalue weighted by molar-refractivity contribution is -0.131. The summed E-state index contributed by atoms with van der Waals surface area (Å²) in [5.74, 6) is 1.09. The number of anilines is 1. The summed E-state index contributed by atoms with van der Waals surface area (Å²) in [5.41, 5.74) is 0.408. The summed E-state index contributed by atoms with van der Waals surface area (Å²) in [7, 11) is 0. The van der Waals surface area contributed by atoms with Gasteiger partial charge in [0.2, 0.25) is 11.8 Å². The second kappa shape index (κ2) is 9.16. The minimum atomic E-state index is -0.329. The predicted molar refractivity (Wildman–Crippen MR) is 115 cm³/mol. The van der Waals surface area contributed by atoms with Gasteiger partial charge in [-0.2, -0.15) is 0 Å². The van der Waals surface area contributed by atoms with Crippen molar-refractivity contribution in [2.75, 3.05) is 38.1 Å². The molecule has 6 heteroatoms. The molecule has 1 aromatic rings. The van der Waals surface area contributed by atoms with E-state index in [1.165, 1.54) is 12.8 Å². The van der Waals surface area contributed by atoms with Crippen molar-refractivity contribution < 1.29 is 14.3 Å². The van der Waals surface area contributed by atoms with Crippen LogP contribution in [0.4, 0.5) is 5.69 Å². The third-order valence-corrected chi connectivity index (χ3v) is 5.99. The molecule has 6 nitrogen and oxygen atoms in total. The molecule has 2 heterocycles. The first kappa shape index (κ1) is 21.6. The summed E-state index contributed by atoms with van der Waals surface area (Å²) in [5, 5.41) is 2.98. The number of hydrogen-bond acceptors (Lipinski definition) is 4. The second-order valence-electron chi connectivity index (χ2n) is 9.43. The van der Waals surface area contributed by atoms with Gasteiger partial charge in [0.15, 0.2) is 0 Å². The molecule has 1 atom stereocenters. The Kier molecular flexibility index (Phi) is 6.83. The first-order chi connectivity index (χ1) is 13.7. The Balaban J connectivity index is 1.54. The van der Waals surface area contributed by atoms with Crippen LogP contribution < -0.4 is 10.1 Å². The maximum absolute atomic E-state index is 12.8. The average Bonchev–Trinajstić information content (AvgIpc) is 3.07. The standard InChI is InChI=1S/C23H35N3O3/c1-17-9-11-25(12-10-17)13-14-29-20-8-6-5-7-19(20)24-22(28)18-15-21(27)26(16-18)23(2,3)4/h5-8,17-18H,9-16H2,1-4H3,(H,24,28)/t18-/m1/s1. The van der Waals surface area contributed by atoms with E-state index in [9.17, 15) is 9.59 Å². The molecule has 29 heavy (non-hydrogen) atoms. The first-order valence-electron chi connectivity index (χ1n) is 10.8. The topological polar surface area (TPSA) is 61.9 Å². The Morgan fingerprint density at radius 2 is 1.90 bits per heavy atom. The van der Waals surface area contributed by atoms with Crippen molar-refractivity contribution in [3.05, 3.63) is 24.3 Å². The maximum atomic E-state index is 12.8. The van der Waals surface area contributed by atoms with Crippen LogP contribution in [0.1, 0.15) is 47.0 Å². The van der Waals surface area contributed by atoms with Gasteiger partial charge in [0, 0.05) is 25.0 Å². The summed E-state index contributed by atoms with van der Waals surface area (Å²) >= 11 is 0. The van der Waals surface area contributed by atoms with Crippen LogP contribution in [0.5, 0.6) is 5.75 Å². The van der Waals surface area contributed by atoms with Crippen LogP contribution in [0.3, 0.4) is 0 Å². The van der Waals surface area contributed by atoms with Crippen LogP contribution >= 0.6 is 0 Å². The van der Waals surface area contributed by atoms with Gasteiger partial charge in [-0.3, -0.25) is 14.5 Å². The van der Waals surface area contributed by atoms with Crippen molar-refractivity contribution in [3.63, 3.8) is 0 Å². The van der Waals surface area contributed by atoms with E-state index in [2.05, 4.69) is 17.1 Å². The fraction of sp³-hybridized carbons (Fsp3) is 0.652. The zero-order valence-electron chi connectivity index (χ0n) is 18.2. The highest BCUT2D eigenvalue weighted by molar-refractivity contribution is 5.98. The number of ether oxygens (including phenoxy) is 1. The van der Waals surface area contributed by atoms with Crippen LogP contribution in [-0.4, -0.2) is 59.9 Å². The quantitative estimate of drug-likeness (QED) is 0.794. The van der Waals surface area contributed by atoms with Gasteiger partial charge in [0.05, 0.1) is 11.6 Å². The van der Waals surface area contributed by atoms with Crippen molar-refractivity contribution >= 4 is 17.5 Å². The minimum absolute atomic E-state index is 0.0398. The molecule has 0 spiro atoms. The van der Waals surface area contributed by atoms with Crippen molar-refractivity contribution in [1.82, 2.24) is 9.80 Å².